The summed E-state index contributed by atoms with van der Waals surface area (Å²) in [6.45, 7) is 5.74. The van der Waals surface area contributed by atoms with Crippen LogP contribution in [0.1, 0.15) is 51.7 Å². The zero-order chi connectivity index (χ0) is 17.0. The smallest absolute Gasteiger partial charge is 0.410 e. The van der Waals surface area contributed by atoms with Gasteiger partial charge in [0.05, 0.1) is 6.10 Å². The van der Waals surface area contributed by atoms with Gasteiger partial charge in [0, 0.05) is 12.6 Å². The summed E-state index contributed by atoms with van der Waals surface area (Å²) in [7, 11) is 0. The first-order valence-corrected chi connectivity index (χ1v) is 8.13. The Bertz CT molecular complexity index is 515. The molecule has 4 nitrogen and oxygen atoms in total. The number of hydrogen-bond donors (Lipinski definition) is 1. The van der Waals surface area contributed by atoms with E-state index in [0.29, 0.717) is 19.4 Å². The van der Waals surface area contributed by atoms with Crippen molar-refractivity contribution in [3.05, 3.63) is 35.9 Å². The molecule has 128 valence electrons. The highest BCUT2D eigenvalue weighted by Crippen LogP contribution is 2.29. The molecule has 1 N–H and O–H groups in total. The van der Waals surface area contributed by atoms with Gasteiger partial charge in [0.1, 0.15) is 11.8 Å². The van der Waals surface area contributed by atoms with Gasteiger partial charge < -0.3 is 14.7 Å². The summed E-state index contributed by atoms with van der Waals surface area (Å²) in [6, 6.07) is 8.88. The standard InChI is InChI=1S/C18H26FNO3/c1-18(2,3)23-17(22)20-10-9-14(19)11-15(20)12-16(21)13-7-5-4-6-8-13/h4-8,14-16,21H,9-12H2,1-3H3/t14-,15+,16-/m0/s1. The number of likely N-dealkylation sites (tertiary alicyclic amines) is 1. The van der Waals surface area contributed by atoms with Gasteiger partial charge in [0.2, 0.25) is 0 Å². The number of amides is 1. The van der Waals surface area contributed by atoms with Crippen LogP contribution in [-0.2, 0) is 4.74 Å². The number of aliphatic hydroxyl groups excluding tert-OH is 1. The van der Waals surface area contributed by atoms with E-state index in [-0.39, 0.29) is 12.5 Å². The number of carbonyl (C=O) groups is 1. The minimum absolute atomic E-state index is 0.239. The third-order valence-corrected chi connectivity index (χ3v) is 3.96. The Balaban J connectivity index is 2.07. The van der Waals surface area contributed by atoms with Crippen LogP contribution in [0, 0.1) is 0 Å². The maximum absolute atomic E-state index is 13.8. The first-order valence-electron chi connectivity index (χ1n) is 8.13. The fraction of sp³-hybridized carbons (Fsp3) is 0.611. The van der Waals surface area contributed by atoms with Crippen LogP contribution in [0.2, 0.25) is 0 Å². The van der Waals surface area contributed by atoms with E-state index in [1.54, 1.807) is 25.7 Å². The van der Waals surface area contributed by atoms with Crippen molar-refractivity contribution in [2.24, 2.45) is 0 Å². The number of hydrogen-bond acceptors (Lipinski definition) is 3. The molecule has 1 aliphatic heterocycles. The van der Waals surface area contributed by atoms with Crippen molar-refractivity contribution in [1.29, 1.82) is 0 Å². The Morgan fingerprint density at radius 1 is 1.39 bits per heavy atom. The predicted molar refractivity (Wildman–Crippen MR) is 86.9 cm³/mol. The van der Waals surface area contributed by atoms with E-state index in [4.69, 9.17) is 4.74 Å². The summed E-state index contributed by atoms with van der Waals surface area (Å²) < 4.78 is 19.2. The lowest BCUT2D eigenvalue weighted by Gasteiger charge is -2.38. The van der Waals surface area contributed by atoms with Crippen molar-refractivity contribution in [2.75, 3.05) is 6.54 Å². The van der Waals surface area contributed by atoms with E-state index >= 15 is 0 Å². The van der Waals surface area contributed by atoms with Crippen LogP contribution in [0.4, 0.5) is 9.18 Å². The normalized spacial score (nSPS) is 23.4. The topological polar surface area (TPSA) is 49.8 Å². The third-order valence-electron chi connectivity index (χ3n) is 3.96. The lowest BCUT2D eigenvalue weighted by Crippen LogP contribution is -2.49. The van der Waals surface area contributed by atoms with Crippen molar-refractivity contribution in [3.63, 3.8) is 0 Å². The van der Waals surface area contributed by atoms with Crippen molar-refractivity contribution >= 4 is 6.09 Å². The van der Waals surface area contributed by atoms with Crippen LogP contribution in [0.5, 0.6) is 0 Å². The molecule has 1 aromatic rings. The molecule has 1 fully saturated rings. The Labute approximate surface area is 137 Å². The molecule has 3 atom stereocenters. The summed E-state index contributed by atoms with van der Waals surface area (Å²) in [4.78, 5) is 13.9. The lowest BCUT2D eigenvalue weighted by atomic mass is 9.93. The highest BCUT2D eigenvalue weighted by molar-refractivity contribution is 5.68. The zero-order valence-corrected chi connectivity index (χ0v) is 14.0. The van der Waals surface area contributed by atoms with Crippen molar-refractivity contribution < 1.29 is 19.0 Å². The minimum Gasteiger partial charge on any atom is -0.444 e. The SMILES string of the molecule is CC(C)(C)OC(=O)N1CC[C@H](F)C[C@@H]1C[C@H](O)c1ccccc1. The van der Waals surface area contributed by atoms with Crippen LogP contribution in [0.3, 0.4) is 0 Å². The van der Waals surface area contributed by atoms with Crippen molar-refractivity contribution in [1.82, 2.24) is 4.90 Å². The maximum Gasteiger partial charge on any atom is 0.410 e. The zero-order valence-electron chi connectivity index (χ0n) is 14.0. The molecule has 0 aromatic heterocycles. The Hall–Kier alpha value is -1.62. The molecule has 1 aromatic carbocycles. The van der Waals surface area contributed by atoms with Gasteiger partial charge in [-0.05, 0) is 45.6 Å². The highest BCUT2D eigenvalue weighted by Gasteiger charge is 2.35. The van der Waals surface area contributed by atoms with Gasteiger partial charge in [-0.1, -0.05) is 30.3 Å². The van der Waals surface area contributed by atoms with Crippen LogP contribution in [0.25, 0.3) is 0 Å². The fourth-order valence-corrected chi connectivity index (χ4v) is 2.86. The molecular weight excluding hydrogens is 297 g/mol. The van der Waals surface area contributed by atoms with Gasteiger partial charge >= 0.3 is 6.09 Å². The summed E-state index contributed by atoms with van der Waals surface area (Å²) in [5, 5.41) is 10.4. The van der Waals surface area contributed by atoms with Crippen molar-refractivity contribution in [3.8, 4) is 0 Å². The number of halogens is 1. The van der Waals surface area contributed by atoms with E-state index in [9.17, 15) is 14.3 Å². The van der Waals surface area contributed by atoms with E-state index in [2.05, 4.69) is 0 Å². The number of benzene rings is 1. The van der Waals surface area contributed by atoms with Crippen LogP contribution >= 0.6 is 0 Å². The van der Waals surface area contributed by atoms with Crippen LogP contribution in [0.15, 0.2) is 30.3 Å². The highest BCUT2D eigenvalue weighted by atomic mass is 19.1. The van der Waals surface area contributed by atoms with Gasteiger partial charge in [-0.2, -0.15) is 0 Å². The quantitative estimate of drug-likeness (QED) is 0.919. The number of piperidine rings is 1. The van der Waals surface area contributed by atoms with Gasteiger partial charge in [0.15, 0.2) is 0 Å². The molecule has 23 heavy (non-hydrogen) atoms. The Morgan fingerprint density at radius 2 is 2.04 bits per heavy atom. The molecule has 0 unspecified atom stereocenters. The molecular formula is C18H26FNO3. The average Bonchev–Trinajstić information content (AvgIpc) is 2.46. The first kappa shape index (κ1) is 17.7. The maximum atomic E-state index is 13.8. The molecule has 1 saturated heterocycles. The van der Waals surface area contributed by atoms with E-state index in [0.717, 1.165) is 5.56 Å². The van der Waals surface area contributed by atoms with Gasteiger partial charge in [-0.3, -0.25) is 0 Å². The summed E-state index contributed by atoms with van der Waals surface area (Å²) in [6.07, 6.45) is -1.24. The number of alkyl halides is 1. The third kappa shape index (κ3) is 5.20. The monoisotopic (exact) mass is 323 g/mol. The first-order chi connectivity index (χ1) is 10.8. The molecule has 0 spiro atoms. The molecule has 2 rings (SSSR count). The Kier molecular flexibility index (Phi) is 5.63. The number of nitrogens with zero attached hydrogens (tertiary/aromatic N) is 1. The summed E-state index contributed by atoms with van der Waals surface area (Å²) >= 11 is 0. The second kappa shape index (κ2) is 7.30. The van der Waals surface area contributed by atoms with E-state index in [1.165, 1.54) is 0 Å². The van der Waals surface area contributed by atoms with Crippen LogP contribution < -0.4 is 0 Å². The molecule has 1 aliphatic rings. The van der Waals surface area contributed by atoms with Gasteiger partial charge in [-0.15, -0.1) is 0 Å². The number of aliphatic hydroxyl groups is 1. The molecule has 0 bridgehead atoms. The van der Waals surface area contributed by atoms with Crippen molar-refractivity contribution in [2.45, 2.75) is 64.0 Å². The lowest BCUT2D eigenvalue weighted by molar-refractivity contribution is -0.00666. The number of carbonyl (C=O) groups excluding carboxylic acids is 1. The number of rotatable bonds is 3. The van der Waals surface area contributed by atoms with E-state index in [1.807, 2.05) is 30.3 Å². The van der Waals surface area contributed by atoms with Gasteiger partial charge in [0.25, 0.3) is 0 Å². The molecule has 0 radical (unpaired) electrons. The number of ether oxygens (including phenoxy) is 1. The average molecular weight is 323 g/mol. The second-order valence-corrected chi connectivity index (χ2v) is 7.11. The molecule has 1 heterocycles. The minimum atomic E-state index is -0.943. The summed E-state index contributed by atoms with van der Waals surface area (Å²) in [5.74, 6) is 0. The predicted octanol–water partition coefficient (Wildman–Crippen LogP) is 3.85. The van der Waals surface area contributed by atoms with E-state index < -0.39 is 24.0 Å². The van der Waals surface area contributed by atoms with Gasteiger partial charge in [-0.25, -0.2) is 9.18 Å². The fourth-order valence-electron chi connectivity index (χ4n) is 2.86. The molecule has 0 saturated carbocycles. The Morgan fingerprint density at radius 3 is 2.65 bits per heavy atom. The molecule has 0 aliphatic carbocycles. The second-order valence-electron chi connectivity index (χ2n) is 7.11. The molecule has 5 heteroatoms. The molecule has 1 amide bonds. The summed E-state index contributed by atoms with van der Waals surface area (Å²) in [5.41, 5.74) is 0.185. The van der Waals surface area contributed by atoms with Crippen LogP contribution in [-0.4, -0.2) is 40.5 Å². The largest absolute Gasteiger partial charge is 0.444 e.